The first-order chi connectivity index (χ1) is 11.7. The van der Waals surface area contributed by atoms with E-state index in [0.717, 1.165) is 62.8 Å². The second-order valence-electron chi connectivity index (χ2n) is 7.90. The summed E-state index contributed by atoms with van der Waals surface area (Å²) >= 11 is 0. The van der Waals surface area contributed by atoms with E-state index in [1.807, 2.05) is 4.90 Å². The molecular formula is C19H29N3O2. The number of piperazine rings is 1. The molecule has 5 heteroatoms. The van der Waals surface area contributed by atoms with Crippen LogP contribution in [0.2, 0.25) is 0 Å². The molecule has 5 nitrogen and oxygen atoms in total. The quantitative estimate of drug-likeness (QED) is 0.836. The first kappa shape index (κ1) is 16.1. The van der Waals surface area contributed by atoms with Gasteiger partial charge in [0, 0.05) is 44.2 Å². The summed E-state index contributed by atoms with van der Waals surface area (Å²) in [4.78, 5) is 17.5. The van der Waals surface area contributed by atoms with E-state index in [4.69, 9.17) is 4.52 Å². The highest BCUT2D eigenvalue weighted by Gasteiger charge is 2.32. The molecule has 24 heavy (non-hydrogen) atoms. The number of hydrogen-bond acceptors (Lipinski definition) is 4. The normalized spacial score (nSPS) is 26.4. The Labute approximate surface area is 144 Å². The van der Waals surface area contributed by atoms with Gasteiger partial charge >= 0.3 is 0 Å². The summed E-state index contributed by atoms with van der Waals surface area (Å²) in [7, 11) is 0. The van der Waals surface area contributed by atoms with Crippen molar-refractivity contribution in [1.29, 1.82) is 0 Å². The van der Waals surface area contributed by atoms with Crippen LogP contribution in [-0.2, 0) is 12.8 Å². The standard InChI is InChI=1S/C19H29N3O2/c1-14-7-8-17-16(13-14)18(20-24-17)19(23)22-11-9-21(10-12-22)15-5-3-2-4-6-15/h14-15H,2-13H2,1H3/t14-/m0/s1. The Kier molecular flexibility index (Phi) is 4.61. The van der Waals surface area contributed by atoms with Gasteiger partial charge in [0.15, 0.2) is 5.69 Å². The van der Waals surface area contributed by atoms with Crippen LogP contribution in [0.15, 0.2) is 4.52 Å². The van der Waals surface area contributed by atoms with Crippen molar-refractivity contribution in [1.82, 2.24) is 15.0 Å². The summed E-state index contributed by atoms with van der Waals surface area (Å²) in [6.45, 7) is 5.91. The molecule has 1 saturated carbocycles. The second-order valence-corrected chi connectivity index (χ2v) is 7.90. The lowest BCUT2D eigenvalue weighted by Gasteiger charge is -2.40. The number of carbonyl (C=O) groups excluding carboxylic acids is 1. The third kappa shape index (κ3) is 3.10. The van der Waals surface area contributed by atoms with Gasteiger partial charge in [-0.3, -0.25) is 9.69 Å². The molecule has 0 radical (unpaired) electrons. The maximum Gasteiger partial charge on any atom is 0.276 e. The van der Waals surface area contributed by atoms with Crippen molar-refractivity contribution in [3.8, 4) is 0 Å². The topological polar surface area (TPSA) is 49.6 Å². The molecule has 4 rings (SSSR count). The molecule has 2 heterocycles. The Morgan fingerprint density at radius 1 is 1.08 bits per heavy atom. The highest BCUT2D eigenvalue weighted by Crippen LogP contribution is 2.29. The fourth-order valence-corrected chi connectivity index (χ4v) is 4.63. The molecule has 3 aliphatic rings. The van der Waals surface area contributed by atoms with E-state index in [2.05, 4.69) is 17.0 Å². The first-order valence-corrected chi connectivity index (χ1v) is 9.73. The summed E-state index contributed by atoms with van der Waals surface area (Å²) in [6, 6.07) is 0.747. The smallest absolute Gasteiger partial charge is 0.276 e. The molecule has 2 aliphatic carbocycles. The molecule has 0 bridgehead atoms. The van der Waals surface area contributed by atoms with E-state index in [-0.39, 0.29) is 5.91 Å². The van der Waals surface area contributed by atoms with E-state index in [1.54, 1.807) is 0 Å². The molecule has 1 aromatic rings. The summed E-state index contributed by atoms with van der Waals surface area (Å²) < 4.78 is 5.46. The van der Waals surface area contributed by atoms with Gasteiger partial charge in [-0.2, -0.15) is 0 Å². The summed E-state index contributed by atoms with van der Waals surface area (Å²) in [5.74, 6) is 1.64. The maximum atomic E-state index is 12.9. The van der Waals surface area contributed by atoms with Gasteiger partial charge in [-0.1, -0.05) is 31.3 Å². The molecule has 1 amide bonds. The molecular weight excluding hydrogens is 302 g/mol. The van der Waals surface area contributed by atoms with Crippen LogP contribution in [0.1, 0.15) is 67.3 Å². The second kappa shape index (κ2) is 6.87. The van der Waals surface area contributed by atoms with E-state index in [1.165, 1.54) is 32.1 Å². The van der Waals surface area contributed by atoms with Crippen LogP contribution in [0.25, 0.3) is 0 Å². The van der Waals surface area contributed by atoms with Crippen LogP contribution in [0.5, 0.6) is 0 Å². The van der Waals surface area contributed by atoms with Crippen LogP contribution in [0.4, 0.5) is 0 Å². The van der Waals surface area contributed by atoms with Gasteiger partial charge in [0.25, 0.3) is 5.91 Å². The SMILES string of the molecule is C[C@H]1CCc2onc(C(=O)N3CCN(C4CCCCC4)CC3)c2C1. The van der Waals surface area contributed by atoms with E-state index >= 15 is 0 Å². The molecule has 1 atom stereocenters. The lowest BCUT2D eigenvalue weighted by Crippen LogP contribution is -2.52. The van der Waals surface area contributed by atoms with Crippen LogP contribution in [0.3, 0.4) is 0 Å². The van der Waals surface area contributed by atoms with Crippen LogP contribution >= 0.6 is 0 Å². The van der Waals surface area contributed by atoms with Crippen molar-refractivity contribution < 1.29 is 9.32 Å². The van der Waals surface area contributed by atoms with E-state index in [9.17, 15) is 4.79 Å². The van der Waals surface area contributed by atoms with Crippen molar-refractivity contribution in [2.24, 2.45) is 5.92 Å². The third-order valence-electron chi connectivity index (χ3n) is 6.18. The molecule has 132 valence electrons. The van der Waals surface area contributed by atoms with Gasteiger partial charge in [0.1, 0.15) is 5.76 Å². The Hall–Kier alpha value is -1.36. The Bertz CT molecular complexity index is 583. The fourth-order valence-electron chi connectivity index (χ4n) is 4.63. The number of aryl methyl sites for hydroxylation is 1. The van der Waals surface area contributed by atoms with Gasteiger partial charge in [-0.05, 0) is 31.6 Å². The molecule has 0 unspecified atom stereocenters. The number of aromatic nitrogens is 1. The van der Waals surface area contributed by atoms with Crippen LogP contribution < -0.4 is 0 Å². The number of rotatable bonds is 2. The van der Waals surface area contributed by atoms with Crippen molar-refractivity contribution in [3.05, 3.63) is 17.0 Å². The van der Waals surface area contributed by atoms with Gasteiger partial charge in [0.2, 0.25) is 0 Å². The van der Waals surface area contributed by atoms with Crippen molar-refractivity contribution in [2.75, 3.05) is 26.2 Å². The van der Waals surface area contributed by atoms with Gasteiger partial charge in [-0.25, -0.2) is 0 Å². The Balaban J connectivity index is 1.39. The molecule has 0 N–H and O–H groups in total. The lowest BCUT2D eigenvalue weighted by atomic mass is 9.88. The number of hydrogen-bond donors (Lipinski definition) is 0. The predicted octanol–water partition coefficient (Wildman–Crippen LogP) is 2.89. The maximum absolute atomic E-state index is 12.9. The molecule has 0 aromatic carbocycles. The third-order valence-corrected chi connectivity index (χ3v) is 6.18. The zero-order chi connectivity index (χ0) is 16.5. The van der Waals surface area contributed by atoms with Crippen LogP contribution in [0, 0.1) is 5.92 Å². The molecule has 1 aromatic heterocycles. The van der Waals surface area contributed by atoms with Gasteiger partial charge in [0.05, 0.1) is 0 Å². The molecule has 2 fully saturated rings. The summed E-state index contributed by atoms with van der Waals surface area (Å²) in [6.07, 6.45) is 9.79. The summed E-state index contributed by atoms with van der Waals surface area (Å²) in [5.41, 5.74) is 1.66. The zero-order valence-corrected chi connectivity index (χ0v) is 14.8. The average Bonchev–Trinajstić information content (AvgIpc) is 3.05. The minimum atomic E-state index is 0.0809. The highest BCUT2D eigenvalue weighted by atomic mass is 16.5. The fraction of sp³-hybridized carbons (Fsp3) is 0.789. The van der Waals surface area contributed by atoms with Crippen LogP contribution in [-0.4, -0.2) is 53.1 Å². The minimum Gasteiger partial charge on any atom is -0.360 e. The van der Waals surface area contributed by atoms with Crippen molar-refractivity contribution in [3.63, 3.8) is 0 Å². The predicted molar refractivity (Wildman–Crippen MR) is 92.0 cm³/mol. The van der Waals surface area contributed by atoms with Gasteiger partial charge < -0.3 is 9.42 Å². The molecule has 1 saturated heterocycles. The first-order valence-electron chi connectivity index (χ1n) is 9.73. The lowest BCUT2D eigenvalue weighted by molar-refractivity contribution is 0.0514. The minimum absolute atomic E-state index is 0.0809. The van der Waals surface area contributed by atoms with E-state index in [0.29, 0.717) is 11.6 Å². The highest BCUT2D eigenvalue weighted by molar-refractivity contribution is 5.94. The largest absolute Gasteiger partial charge is 0.360 e. The average molecular weight is 331 g/mol. The zero-order valence-electron chi connectivity index (χ0n) is 14.8. The number of carbonyl (C=O) groups is 1. The van der Waals surface area contributed by atoms with Gasteiger partial charge in [-0.15, -0.1) is 0 Å². The molecule has 1 aliphatic heterocycles. The monoisotopic (exact) mass is 331 g/mol. The Morgan fingerprint density at radius 2 is 1.83 bits per heavy atom. The van der Waals surface area contributed by atoms with Crippen molar-refractivity contribution >= 4 is 5.91 Å². The number of fused-ring (bicyclic) bond motifs is 1. The summed E-state index contributed by atoms with van der Waals surface area (Å²) in [5, 5.41) is 4.14. The van der Waals surface area contributed by atoms with E-state index < -0.39 is 0 Å². The molecule has 0 spiro atoms. The Morgan fingerprint density at radius 3 is 2.58 bits per heavy atom. The number of amides is 1. The van der Waals surface area contributed by atoms with Crippen molar-refractivity contribution in [2.45, 2.75) is 64.3 Å². The number of nitrogens with zero attached hydrogens (tertiary/aromatic N) is 3.